The van der Waals surface area contributed by atoms with E-state index in [2.05, 4.69) is 36.5 Å². The number of carbonyl (C=O) groups is 3. The molecule has 3 rings (SSSR count). The minimum absolute atomic E-state index is 0.0309. The van der Waals surface area contributed by atoms with E-state index >= 15 is 0 Å². The second-order valence-electron chi connectivity index (χ2n) is 9.37. The molecule has 0 fully saturated rings. The molecule has 0 aromatic heterocycles. The average Bonchev–Trinajstić information content (AvgIpc) is 3.18. The van der Waals surface area contributed by atoms with Crippen LogP contribution in [-0.4, -0.2) is 54.7 Å². The maximum atomic E-state index is 12.4. The number of rotatable bonds is 12. The topological polar surface area (TPSA) is 95.9 Å². The van der Waals surface area contributed by atoms with Crippen molar-refractivity contribution in [3.05, 3.63) is 59.7 Å². The molecule has 0 heterocycles. The molecular weight excluding hydrogens is 444 g/mol. The Morgan fingerprint density at radius 2 is 1.63 bits per heavy atom. The van der Waals surface area contributed by atoms with Gasteiger partial charge in [0.2, 0.25) is 5.91 Å². The van der Waals surface area contributed by atoms with Gasteiger partial charge in [0, 0.05) is 32.5 Å². The van der Waals surface area contributed by atoms with E-state index in [9.17, 15) is 14.4 Å². The summed E-state index contributed by atoms with van der Waals surface area (Å²) >= 11 is 0. The molecule has 2 aromatic carbocycles. The maximum absolute atomic E-state index is 12.4. The number of aliphatic carboxylic acids is 1. The summed E-state index contributed by atoms with van der Waals surface area (Å²) in [4.78, 5) is 37.2. The summed E-state index contributed by atoms with van der Waals surface area (Å²) in [5.74, 6) is -1.23. The minimum Gasteiger partial charge on any atom is -0.481 e. The molecule has 1 aliphatic rings. The van der Waals surface area contributed by atoms with E-state index < -0.39 is 18.0 Å². The predicted octanol–water partition coefficient (Wildman–Crippen LogP) is 4.90. The fourth-order valence-corrected chi connectivity index (χ4v) is 4.69. The zero-order chi connectivity index (χ0) is 25.4. The number of amides is 2. The number of hydrogen-bond donors (Lipinski definition) is 2. The van der Waals surface area contributed by atoms with Gasteiger partial charge in [-0.15, -0.1) is 0 Å². The molecule has 2 unspecified atom stereocenters. The van der Waals surface area contributed by atoms with Gasteiger partial charge in [-0.1, -0.05) is 68.8 Å². The Balaban J connectivity index is 1.41. The Labute approximate surface area is 207 Å². The number of fused-ring (bicyclic) bond motifs is 3. The van der Waals surface area contributed by atoms with Crippen molar-refractivity contribution in [2.75, 3.05) is 26.7 Å². The first-order valence-corrected chi connectivity index (χ1v) is 12.4. The first-order chi connectivity index (χ1) is 16.8. The van der Waals surface area contributed by atoms with Crippen LogP contribution in [0.1, 0.15) is 56.6 Å². The van der Waals surface area contributed by atoms with Crippen LogP contribution in [-0.2, 0) is 14.3 Å². The van der Waals surface area contributed by atoms with E-state index in [4.69, 9.17) is 9.84 Å². The number of hydrogen-bond acceptors (Lipinski definition) is 4. The van der Waals surface area contributed by atoms with Crippen LogP contribution in [0.15, 0.2) is 48.5 Å². The van der Waals surface area contributed by atoms with Gasteiger partial charge in [0.1, 0.15) is 6.61 Å². The summed E-state index contributed by atoms with van der Waals surface area (Å²) in [6, 6.07) is 16.5. The monoisotopic (exact) mass is 480 g/mol. The lowest BCUT2D eigenvalue weighted by Crippen LogP contribution is -2.34. The van der Waals surface area contributed by atoms with Crippen molar-refractivity contribution in [3.63, 3.8) is 0 Å². The lowest BCUT2D eigenvalue weighted by atomic mass is 9.96. The quantitative estimate of drug-likeness (QED) is 0.450. The van der Waals surface area contributed by atoms with E-state index in [0.29, 0.717) is 19.4 Å². The van der Waals surface area contributed by atoms with Crippen LogP contribution in [0.3, 0.4) is 0 Å². The molecular formula is C28H36N2O5. The Morgan fingerprint density at radius 3 is 2.20 bits per heavy atom. The van der Waals surface area contributed by atoms with Gasteiger partial charge in [-0.2, -0.15) is 0 Å². The van der Waals surface area contributed by atoms with Gasteiger partial charge in [-0.05, 0) is 41.0 Å². The molecule has 35 heavy (non-hydrogen) atoms. The lowest BCUT2D eigenvalue weighted by Gasteiger charge is -2.21. The highest BCUT2D eigenvalue weighted by atomic mass is 16.5. The number of carboxylic acid groups (broad SMARTS) is 1. The Hall–Kier alpha value is -3.35. The fraction of sp³-hybridized carbons (Fsp3) is 0.464. The zero-order valence-electron chi connectivity index (χ0n) is 20.8. The van der Waals surface area contributed by atoms with Gasteiger partial charge in [-0.3, -0.25) is 9.59 Å². The molecule has 188 valence electrons. The van der Waals surface area contributed by atoms with Crippen molar-refractivity contribution in [2.24, 2.45) is 11.8 Å². The molecule has 7 nitrogen and oxygen atoms in total. The lowest BCUT2D eigenvalue weighted by molar-refractivity contribution is -0.142. The highest BCUT2D eigenvalue weighted by molar-refractivity contribution is 5.79. The van der Waals surface area contributed by atoms with Crippen LogP contribution in [0.2, 0.25) is 0 Å². The Bertz CT molecular complexity index is 992. The maximum Gasteiger partial charge on any atom is 0.407 e. The number of nitrogens with one attached hydrogen (secondary N) is 1. The summed E-state index contributed by atoms with van der Waals surface area (Å²) in [5, 5.41) is 11.9. The van der Waals surface area contributed by atoms with Crippen molar-refractivity contribution in [3.8, 4) is 11.1 Å². The van der Waals surface area contributed by atoms with Crippen molar-refractivity contribution in [2.45, 2.75) is 45.4 Å². The average molecular weight is 481 g/mol. The highest BCUT2D eigenvalue weighted by Gasteiger charge is 2.29. The van der Waals surface area contributed by atoms with E-state index in [-0.39, 0.29) is 30.9 Å². The molecule has 2 N–H and O–H groups in total. The van der Waals surface area contributed by atoms with E-state index in [1.54, 1.807) is 14.0 Å². The second-order valence-corrected chi connectivity index (χ2v) is 9.37. The van der Waals surface area contributed by atoms with Crippen LogP contribution in [0.5, 0.6) is 0 Å². The predicted molar refractivity (Wildman–Crippen MR) is 135 cm³/mol. The standard InChI is InChI=1S/C28H36N2O5/c1-4-20(13-14-26(31)30(3)17-19(2)27(32)33)15-16-29-28(34)35-18-25-23-11-7-5-9-21(23)22-10-6-8-12-24(22)25/h5-12,19-20,25H,4,13-18H2,1-3H3,(H,29,34)(H,32,33). The van der Waals surface area contributed by atoms with E-state index in [1.165, 1.54) is 27.2 Å². The van der Waals surface area contributed by atoms with Gasteiger partial charge in [-0.25, -0.2) is 4.79 Å². The highest BCUT2D eigenvalue weighted by Crippen LogP contribution is 2.44. The molecule has 2 aromatic rings. The van der Waals surface area contributed by atoms with Crippen LogP contribution in [0, 0.1) is 11.8 Å². The molecule has 0 radical (unpaired) electrons. The number of nitrogens with zero attached hydrogens (tertiary/aromatic N) is 1. The van der Waals surface area contributed by atoms with E-state index in [1.807, 2.05) is 24.3 Å². The van der Waals surface area contributed by atoms with Gasteiger partial charge >= 0.3 is 12.1 Å². The number of alkyl carbamates (subject to hydrolysis) is 1. The smallest absolute Gasteiger partial charge is 0.407 e. The third-order valence-corrected chi connectivity index (χ3v) is 6.90. The first kappa shape index (κ1) is 26.3. The number of carbonyl (C=O) groups excluding carboxylic acids is 2. The van der Waals surface area contributed by atoms with Crippen LogP contribution >= 0.6 is 0 Å². The molecule has 0 saturated carbocycles. The second kappa shape index (κ2) is 12.4. The van der Waals surface area contributed by atoms with Gasteiger partial charge < -0.3 is 20.1 Å². The summed E-state index contributed by atoms with van der Waals surface area (Å²) in [6.07, 6.45) is 2.29. The normalized spacial score (nSPS) is 13.9. The molecule has 0 aliphatic heterocycles. The first-order valence-electron chi connectivity index (χ1n) is 12.4. The molecule has 2 amide bonds. The van der Waals surface area contributed by atoms with Crippen molar-refractivity contribution < 1.29 is 24.2 Å². The van der Waals surface area contributed by atoms with Crippen LogP contribution in [0.4, 0.5) is 4.79 Å². The van der Waals surface area contributed by atoms with Crippen LogP contribution in [0.25, 0.3) is 11.1 Å². The largest absolute Gasteiger partial charge is 0.481 e. The third kappa shape index (κ3) is 6.84. The van der Waals surface area contributed by atoms with Gasteiger partial charge in [0.05, 0.1) is 5.92 Å². The molecule has 7 heteroatoms. The number of carboxylic acids is 1. The molecule has 0 spiro atoms. The van der Waals surface area contributed by atoms with Crippen LogP contribution < -0.4 is 5.32 Å². The minimum atomic E-state index is -0.907. The van der Waals surface area contributed by atoms with Crippen molar-refractivity contribution in [1.82, 2.24) is 10.2 Å². The third-order valence-electron chi connectivity index (χ3n) is 6.90. The Kier molecular flexibility index (Phi) is 9.29. The zero-order valence-corrected chi connectivity index (χ0v) is 20.8. The molecule has 2 atom stereocenters. The SMILES string of the molecule is CCC(CCNC(=O)OCC1c2ccccc2-c2ccccc21)CCC(=O)N(C)CC(C)C(=O)O. The molecule has 0 saturated heterocycles. The summed E-state index contributed by atoms with van der Waals surface area (Å²) < 4.78 is 5.58. The molecule has 0 bridgehead atoms. The van der Waals surface area contributed by atoms with Gasteiger partial charge in [0.15, 0.2) is 0 Å². The van der Waals surface area contributed by atoms with Crippen molar-refractivity contribution in [1.29, 1.82) is 0 Å². The Morgan fingerprint density at radius 1 is 1.03 bits per heavy atom. The fourth-order valence-electron chi connectivity index (χ4n) is 4.69. The summed E-state index contributed by atoms with van der Waals surface area (Å²) in [6.45, 7) is 4.63. The summed E-state index contributed by atoms with van der Waals surface area (Å²) in [7, 11) is 1.64. The summed E-state index contributed by atoms with van der Waals surface area (Å²) in [5.41, 5.74) is 4.75. The molecule has 1 aliphatic carbocycles. The van der Waals surface area contributed by atoms with E-state index in [0.717, 1.165) is 12.8 Å². The number of benzene rings is 2. The van der Waals surface area contributed by atoms with Gasteiger partial charge in [0.25, 0.3) is 0 Å². The van der Waals surface area contributed by atoms with Crippen molar-refractivity contribution >= 4 is 18.0 Å². The number of ether oxygens (including phenoxy) is 1.